The van der Waals surface area contributed by atoms with Crippen LogP contribution < -0.4 is 5.32 Å². The molecule has 2 aromatic rings. The summed E-state index contributed by atoms with van der Waals surface area (Å²) < 4.78 is 50.9. The van der Waals surface area contributed by atoms with Gasteiger partial charge in [-0.2, -0.15) is 4.31 Å². The van der Waals surface area contributed by atoms with E-state index in [-0.39, 0.29) is 34.3 Å². The maximum Gasteiger partial charge on any atom is 0.310 e. The highest BCUT2D eigenvalue weighted by Crippen LogP contribution is 2.24. The van der Waals surface area contributed by atoms with Gasteiger partial charge in [-0.15, -0.1) is 0 Å². The van der Waals surface area contributed by atoms with Crippen LogP contribution in [0, 0.1) is 12.7 Å². The normalized spacial score (nSPS) is 14.7. The minimum Gasteiger partial charge on any atom is -0.455 e. The molecule has 11 heteroatoms. The quantitative estimate of drug-likeness (QED) is 0.606. The summed E-state index contributed by atoms with van der Waals surface area (Å²) in [4.78, 5) is 24.3. The van der Waals surface area contributed by atoms with Crippen molar-refractivity contribution >= 4 is 39.2 Å². The number of carbonyl (C=O) groups excluding carboxylic acids is 2. The first-order valence-electron chi connectivity index (χ1n) is 9.75. The van der Waals surface area contributed by atoms with Crippen LogP contribution in [-0.2, 0) is 35.5 Å². The largest absolute Gasteiger partial charge is 0.455 e. The van der Waals surface area contributed by atoms with Gasteiger partial charge in [0.2, 0.25) is 10.0 Å². The first kappa shape index (κ1) is 24.1. The summed E-state index contributed by atoms with van der Waals surface area (Å²) in [5.41, 5.74) is 0.887. The third-order valence-corrected chi connectivity index (χ3v) is 7.09. The molecule has 1 saturated heterocycles. The Morgan fingerprint density at radius 1 is 1.22 bits per heavy atom. The van der Waals surface area contributed by atoms with Crippen molar-refractivity contribution in [3.8, 4) is 0 Å². The molecule has 0 aromatic heterocycles. The number of hydrogen-bond donors (Lipinski definition) is 1. The van der Waals surface area contributed by atoms with Gasteiger partial charge in [0.25, 0.3) is 5.91 Å². The number of esters is 1. The molecule has 0 atom stereocenters. The van der Waals surface area contributed by atoms with Crippen LogP contribution in [0.4, 0.5) is 10.1 Å². The smallest absolute Gasteiger partial charge is 0.310 e. The third-order valence-electron chi connectivity index (χ3n) is 4.84. The number of amides is 1. The molecule has 0 unspecified atom stereocenters. The molecular weight excluding hydrogens is 463 g/mol. The number of ether oxygens (including phenoxy) is 2. The highest BCUT2D eigenvalue weighted by Gasteiger charge is 2.27. The van der Waals surface area contributed by atoms with E-state index in [2.05, 4.69) is 5.32 Å². The van der Waals surface area contributed by atoms with Crippen LogP contribution in [0.5, 0.6) is 0 Å². The van der Waals surface area contributed by atoms with Gasteiger partial charge in [-0.25, -0.2) is 12.8 Å². The van der Waals surface area contributed by atoms with Crippen LogP contribution >= 0.6 is 11.6 Å². The second kappa shape index (κ2) is 10.4. The van der Waals surface area contributed by atoms with Crippen LogP contribution in [-0.4, -0.2) is 57.5 Å². The topological polar surface area (TPSA) is 102 Å². The zero-order chi connectivity index (χ0) is 23.3. The molecule has 1 heterocycles. The molecule has 0 spiro atoms. The van der Waals surface area contributed by atoms with Crippen molar-refractivity contribution in [2.45, 2.75) is 18.2 Å². The Labute approximate surface area is 190 Å². The summed E-state index contributed by atoms with van der Waals surface area (Å²) in [7, 11) is -3.74. The number of nitrogens with one attached hydrogen (secondary N) is 1. The highest BCUT2D eigenvalue weighted by molar-refractivity contribution is 7.89. The predicted molar refractivity (Wildman–Crippen MR) is 115 cm³/mol. The number of nitrogens with zero attached hydrogens (tertiary/aromatic N) is 1. The van der Waals surface area contributed by atoms with Gasteiger partial charge in [0.1, 0.15) is 5.82 Å². The van der Waals surface area contributed by atoms with Crippen molar-refractivity contribution in [2.24, 2.45) is 0 Å². The number of anilines is 1. The second-order valence-corrected chi connectivity index (χ2v) is 9.42. The van der Waals surface area contributed by atoms with Crippen molar-refractivity contribution < 1.29 is 31.9 Å². The van der Waals surface area contributed by atoms with Crippen LogP contribution in [0.3, 0.4) is 0 Å². The number of benzene rings is 2. The van der Waals surface area contributed by atoms with Crippen molar-refractivity contribution in [3.05, 3.63) is 58.4 Å². The fourth-order valence-electron chi connectivity index (χ4n) is 3.06. The molecule has 1 amide bonds. The summed E-state index contributed by atoms with van der Waals surface area (Å²) >= 11 is 5.88. The highest BCUT2D eigenvalue weighted by atomic mass is 35.5. The average Bonchev–Trinajstić information content (AvgIpc) is 2.77. The second-order valence-electron chi connectivity index (χ2n) is 7.08. The van der Waals surface area contributed by atoms with Crippen LogP contribution in [0.1, 0.15) is 11.1 Å². The minimum atomic E-state index is -3.74. The van der Waals surface area contributed by atoms with E-state index in [1.807, 2.05) is 0 Å². The van der Waals surface area contributed by atoms with Crippen molar-refractivity contribution in [1.82, 2.24) is 4.31 Å². The minimum absolute atomic E-state index is 0.0172. The Balaban J connectivity index is 1.62. The van der Waals surface area contributed by atoms with Gasteiger partial charge >= 0.3 is 5.97 Å². The van der Waals surface area contributed by atoms with E-state index in [0.29, 0.717) is 18.8 Å². The van der Waals surface area contributed by atoms with Crippen molar-refractivity contribution in [2.75, 3.05) is 38.2 Å². The standard InChI is InChI=1S/C21H22ClFN2O6S/c1-14-5-6-15(32(28,29)25-7-9-30-10-8-25)11-19(14)24-20(26)13-31-21(27)12-16-17(22)3-2-4-18(16)23/h2-6,11H,7-10,12-13H2,1H3,(H,24,26). The Kier molecular flexibility index (Phi) is 7.83. The molecule has 1 fully saturated rings. The molecule has 3 rings (SSSR count). The molecule has 1 aliphatic heterocycles. The van der Waals surface area contributed by atoms with Gasteiger partial charge in [-0.3, -0.25) is 9.59 Å². The Morgan fingerprint density at radius 3 is 2.62 bits per heavy atom. The molecule has 1 aliphatic rings. The Morgan fingerprint density at radius 2 is 1.94 bits per heavy atom. The van der Waals surface area contributed by atoms with Crippen LogP contribution in [0.25, 0.3) is 0 Å². The van der Waals surface area contributed by atoms with E-state index in [4.69, 9.17) is 21.1 Å². The lowest BCUT2D eigenvalue weighted by atomic mass is 10.1. The number of carbonyl (C=O) groups is 2. The van der Waals surface area contributed by atoms with E-state index in [0.717, 1.165) is 0 Å². The van der Waals surface area contributed by atoms with Crippen LogP contribution in [0.2, 0.25) is 5.02 Å². The number of sulfonamides is 1. The zero-order valence-electron chi connectivity index (χ0n) is 17.3. The van der Waals surface area contributed by atoms with E-state index >= 15 is 0 Å². The van der Waals surface area contributed by atoms with Gasteiger partial charge < -0.3 is 14.8 Å². The third kappa shape index (κ3) is 5.83. The molecule has 0 saturated carbocycles. The van der Waals surface area contributed by atoms with E-state index in [1.165, 1.54) is 34.6 Å². The first-order valence-corrected chi connectivity index (χ1v) is 11.6. The molecule has 2 aromatic carbocycles. The molecule has 0 bridgehead atoms. The summed E-state index contributed by atoms with van der Waals surface area (Å²) in [6.07, 6.45) is -0.426. The summed E-state index contributed by atoms with van der Waals surface area (Å²) in [5.74, 6) is -2.14. The number of aryl methyl sites for hydroxylation is 1. The number of morpholine rings is 1. The molecule has 0 aliphatic carbocycles. The van der Waals surface area contributed by atoms with Gasteiger partial charge in [-0.05, 0) is 36.8 Å². The maximum absolute atomic E-state index is 13.8. The Hall–Kier alpha value is -2.53. The molecule has 32 heavy (non-hydrogen) atoms. The molecule has 172 valence electrons. The van der Waals surface area contributed by atoms with Crippen LogP contribution in [0.15, 0.2) is 41.3 Å². The van der Waals surface area contributed by atoms with E-state index in [1.54, 1.807) is 13.0 Å². The molecular formula is C21H22ClFN2O6S. The predicted octanol–water partition coefficient (Wildman–Crippen LogP) is 2.53. The van der Waals surface area contributed by atoms with Crippen molar-refractivity contribution in [3.63, 3.8) is 0 Å². The van der Waals surface area contributed by atoms with Gasteiger partial charge in [0.15, 0.2) is 6.61 Å². The molecule has 1 N–H and O–H groups in total. The lowest BCUT2D eigenvalue weighted by Gasteiger charge is -2.26. The fourth-order valence-corrected chi connectivity index (χ4v) is 4.73. The molecule has 8 nitrogen and oxygen atoms in total. The lowest BCUT2D eigenvalue weighted by Crippen LogP contribution is -2.40. The fraction of sp³-hybridized carbons (Fsp3) is 0.333. The SMILES string of the molecule is Cc1ccc(S(=O)(=O)N2CCOCC2)cc1NC(=O)COC(=O)Cc1c(F)cccc1Cl. The summed E-state index contributed by atoms with van der Waals surface area (Å²) in [5, 5.41) is 2.63. The average molecular weight is 485 g/mol. The summed E-state index contributed by atoms with van der Waals surface area (Å²) in [6.45, 7) is 2.22. The molecule has 0 radical (unpaired) electrons. The zero-order valence-corrected chi connectivity index (χ0v) is 18.8. The van der Waals surface area contributed by atoms with Gasteiger partial charge in [0, 0.05) is 29.4 Å². The monoisotopic (exact) mass is 484 g/mol. The van der Waals surface area contributed by atoms with Gasteiger partial charge in [0.05, 0.1) is 24.5 Å². The van der Waals surface area contributed by atoms with Crippen molar-refractivity contribution in [1.29, 1.82) is 0 Å². The number of hydrogen-bond acceptors (Lipinski definition) is 6. The Bertz CT molecular complexity index is 1100. The van der Waals surface area contributed by atoms with E-state index < -0.39 is 40.7 Å². The lowest BCUT2D eigenvalue weighted by molar-refractivity contribution is -0.146. The number of rotatable bonds is 7. The van der Waals surface area contributed by atoms with E-state index in [9.17, 15) is 22.4 Å². The van der Waals surface area contributed by atoms with Gasteiger partial charge in [-0.1, -0.05) is 23.7 Å². The maximum atomic E-state index is 13.8. The number of halogens is 2. The first-order chi connectivity index (χ1) is 15.2. The summed E-state index contributed by atoms with van der Waals surface area (Å²) in [6, 6.07) is 8.43.